The van der Waals surface area contributed by atoms with Gasteiger partial charge in [0.05, 0.1) is 7.11 Å². The molecule has 0 radical (unpaired) electrons. The summed E-state index contributed by atoms with van der Waals surface area (Å²) in [6.45, 7) is 4.32. The third kappa shape index (κ3) is 5.58. The molecule has 0 aliphatic rings. The molecule has 0 amide bonds. The fourth-order valence-electron chi connectivity index (χ4n) is 0.177. The molecule has 0 saturated carbocycles. The average molecular weight is 114 g/mol. The van der Waals surface area contributed by atoms with Crippen LogP contribution in [0.15, 0.2) is 0 Å². The van der Waals surface area contributed by atoms with Crippen LogP contribution < -0.4 is 0 Å². The SMILES string of the molecule is COC#C[SiH](C)C. The van der Waals surface area contributed by atoms with E-state index in [-0.39, 0.29) is 0 Å². The number of methoxy groups -OCH3 is 1. The summed E-state index contributed by atoms with van der Waals surface area (Å²) in [4.78, 5) is 0. The van der Waals surface area contributed by atoms with E-state index in [1.165, 1.54) is 0 Å². The number of hydrogen-bond donors (Lipinski definition) is 0. The molecule has 0 atom stereocenters. The molecule has 0 aromatic carbocycles. The summed E-state index contributed by atoms with van der Waals surface area (Å²) in [5, 5.41) is 0. The minimum atomic E-state index is -0.674. The highest BCUT2D eigenvalue weighted by molar-refractivity contribution is 6.64. The van der Waals surface area contributed by atoms with Gasteiger partial charge in [0.25, 0.3) is 0 Å². The topological polar surface area (TPSA) is 9.23 Å². The van der Waals surface area contributed by atoms with Crippen LogP contribution in [0.3, 0.4) is 0 Å². The Bertz CT molecular complexity index is 88.0. The largest absolute Gasteiger partial charge is 0.450 e. The standard InChI is InChI=1S/C5H10OSi/c1-6-4-5-7(2)3/h7H,1-3H3. The third-order valence-corrected chi connectivity index (χ3v) is 1.14. The zero-order chi connectivity index (χ0) is 5.70. The van der Waals surface area contributed by atoms with Gasteiger partial charge in [-0.15, -0.1) is 0 Å². The highest BCUT2D eigenvalue weighted by Crippen LogP contribution is 1.71. The van der Waals surface area contributed by atoms with E-state index >= 15 is 0 Å². The molecule has 0 aliphatic heterocycles. The molecule has 0 rings (SSSR count). The summed E-state index contributed by atoms with van der Waals surface area (Å²) in [5.41, 5.74) is 2.96. The smallest absolute Gasteiger partial charge is 0.121 e. The van der Waals surface area contributed by atoms with Crippen molar-refractivity contribution in [2.45, 2.75) is 13.1 Å². The molecular weight excluding hydrogens is 104 g/mol. The second-order valence-corrected chi connectivity index (χ2v) is 4.20. The fourth-order valence-corrected chi connectivity index (χ4v) is 0.530. The van der Waals surface area contributed by atoms with Crippen molar-refractivity contribution in [2.24, 2.45) is 0 Å². The Balaban J connectivity index is 3.24. The average Bonchev–Trinajstić information content (AvgIpc) is 1.61. The van der Waals surface area contributed by atoms with Crippen LogP contribution >= 0.6 is 0 Å². The van der Waals surface area contributed by atoms with E-state index in [0.29, 0.717) is 0 Å². The van der Waals surface area contributed by atoms with E-state index in [4.69, 9.17) is 0 Å². The molecule has 0 saturated heterocycles. The Morgan fingerprint density at radius 2 is 2.00 bits per heavy atom. The maximum Gasteiger partial charge on any atom is 0.121 e. The van der Waals surface area contributed by atoms with Crippen LogP contribution in [-0.2, 0) is 4.74 Å². The number of hydrogen-bond acceptors (Lipinski definition) is 1. The summed E-state index contributed by atoms with van der Waals surface area (Å²) in [5.74, 6) is 0. The number of rotatable bonds is 0. The van der Waals surface area contributed by atoms with E-state index in [2.05, 4.69) is 29.5 Å². The van der Waals surface area contributed by atoms with Crippen LogP contribution in [-0.4, -0.2) is 15.9 Å². The first-order valence-electron chi connectivity index (χ1n) is 2.31. The Morgan fingerprint density at radius 3 is 2.14 bits per heavy atom. The van der Waals surface area contributed by atoms with Gasteiger partial charge in [-0.1, -0.05) is 18.6 Å². The lowest BCUT2D eigenvalue weighted by atomic mass is 11.2. The van der Waals surface area contributed by atoms with Crippen LogP contribution in [0.2, 0.25) is 13.1 Å². The van der Waals surface area contributed by atoms with Gasteiger partial charge in [-0.2, -0.15) is 0 Å². The van der Waals surface area contributed by atoms with Crippen molar-refractivity contribution in [3.8, 4) is 11.7 Å². The van der Waals surface area contributed by atoms with Crippen LogP contribution in [0.4, 0.5) is 0 Å². The highest BCUT2D eigenvalue weighted by Gasteiger charge is 1.81. The molecular formula is C5H10OSi. The molecule has 0 spiro atoms. The molecule has 7 heavy (non-hydrogen) atoms. The fraction of sp³-hybridized carbons (Fsp3) is 0.600. The maximum atomic E-state index is 4.53. The van der Waals surface area contributed by atoms with Gasteiger partial charge in [0, 0.05) is 0 Å². The first-order valence-corrected chi connectivity index (χ1v) is 5.19. The zero-order valence-electron chi connectivity index (χ0n) is 4.99. The summed E-state index contributed by atoms with van der Waals surface area (Å²) >= 11 is 0. The van der Waals surface area contributed by atoms with Crippen LogP contribution in [0.5, 0.6) is 0 Å². The lowest BCUT2D eigenvalue weighted by molar-refractivity contribution is 0.372. The summed E-state index contributed by atoms with van der Waals surface area (Å²) < 4.78 is 4.53. The molecule has 0 fully saturated rings. The van der Waals surface area contributed by atoms with E-state index < -0.39 is 8.80 Å². The van der Waals surface area contributed by atoms with Gasteiger partial charge in [-0.25, -0.2) is 0 Å². The first kappa shape index (κ1) is 6.58. The van der Waals surface area contributed by atoms with Crippen molar-refractivity contribution in [1.82, 2.24) is 0 Å². The van der Waals surface area contributed by atoms with Crippen LogP contribution in [0, 0.1) is 11.7 Å². The van der Waals surface area contributed by atoms with E-state index in [1.54, 1.807) is 7.11 Å². The van der Waals surface area contributed by atoms with Crippen LogP contribution in [0.25, 0.3) is 0 Å². The molecule has 0 bridgehead atoms. The van der Waals surface area contributed by atoms with Gasteiger partial charge in [0.15, 0.2) is 0 Å². The molecule has 0 unspecified atom stereocenters. The molecule has 0 heterocycles. The van der Waals surface area contributed by atoms with E-state index in [9.17, 15) is 0 Å². The summed E-state index contributed by atoms with van der Waals surface area (Å²) in [6, 6.07) is 0. The van der Waals surface area contributed by atoms with Crippen molar-refractivity contribution in [1.29, 1.82) is 0 Å². The maximum absolute atomic E-state index is 4.53. The van der Waals surface area contributed by atoms with Crippen molar-refractivity contribution in [2.75, 3.05) is 7.11 Å². The molecule has 0 aromatic rings. The van der Waals surface area contributed by atoms with Crippen LogP contribution in [0.1, 0.15) is 0 Å². The lowest BCUT2D eigenvalue weighted by Crippen LogP contribution is -1.93. The Kier molecular flexibility index (Phi) is 3.53. The molecule has 40 valence electrons. The van der Waals surface area contributed by atoms with Gasteiger partial charge in [0.2, 0.25) is 0 Å². The van der Waals surface area contributed by atoms with Crippen molar-refractivity contribution < 1.29 is 4.74 Å². The Labute approximate surface area is 46.3 Å². The van der Waals surface area contributed by atoms with Crippen molar-refractivity contribution in [3.63, 3.8) is 0 Å². The predicted octanol–water partition coefficient (Wildman–Crippen LogP) is 0.620. The summed E-state index contributed by atoms with van der Waals surface area (Å²) in [7, 11) is 0.913. The van der Waals surface area contributed by atoms with Gasteiger partial charge in [-0.3, -0.25) is 0 Å². The first-order chi connectivity index (χ1) is 3.27. The zero-order valence-corrected chi connectivity index (χ0v) is 6.14. The highest BCUT2D eigenvalue weighted by atomic mass is 28.3. The molecule has 2 heteroatoms. The normalized spacial score (nSPS) is 7.43. The second kappa shape index (κ2) is 3.76. The van der Waals surface area contributed by atoms with Crippen molar-refractivity contribution in [3.05, 3.63) is 0 Å². The summed E-state index contributed by atoms with van der Waals surface area (Å²) in [6.07, 6.45) is 2.56. The molecule has 1 nitrogen and oxygen atoms in total. The quantitative estimate of drug-likeness (QED) is 0.331. The van der Waals surface area contributed by atoms with Crippen molar-refractivity contribution >= 4 is 8.80 Å². The molecule has 0 N–H and O–H groups in total. The predicted molar refractivity (Wildman–Crippen MR) is 33.7 cm³/mol. The van der Waals surface area contributed by atoms with Gasteiger partial charge in [0.1, 0.15) is 14.9 Å². The minimum absolute atomic E-state index is 0.674. The molecule has 0 aliphatic carbocycles. The minimum Gasteiger partial charge on any atom is -0.450 e. The molecule has 0 aromatic heterocycles. The van der Waals surface area contributed by atoms with Gasteiger partial charge in [-0.05, 0) is 0 Å². The Hall–Kier alpha value is -0.423. The number of ether oxygens (including phenoxy) is 1. The third-order valence-electron chi connectivity index (χ3n) is 0.450. The second-order valence-electron chi connectivity index (χ2n) is 1.61. The van der Waals surface area contributed by atoms with E-state index in [1.807, 2.05) is 0 Å². The monoisotopic (exact) mass is 114 g/mol. The van der Waals surface area contributed by atoms with Gasteiger partial charge < -0.3 is 4.74 Å². The Morgan fingerprint density at radius 1 is 1.43 bits per heavy atom. The lowest BCUT2D eigenvalue weighted by Gasteiger charge is -1.81. The van der Waals surface area contributed by atoms with E-state index in [0.717, 1.165) is 0 Å². The van der Waals surface area contributed by atoms with Gasteiger partial charge >= 0.3 is 0 Å².